The fraction of sp³-hybridized carbons (Fsp3) is 0.320. The number of benzene rings is 2. The molecule has 6 nitrogen and oxygen atoms in total. The molecule has 0 fully saturated rings. The van der Waals surface area contributed by atoms with E-state index >= 15 is 0 Å². The Labute approximate surface area is 181 Å². The zero-order valence-electron chi connectivity index (χ0n) is 18.6. The highest BCUT2D eigenvalue weighted by Gasteiger charge is 2.26. The first-order chi connectivity index (χ1) is 14.6. The Morgan fingerprint density at radius 3 is 2.29 bits per heavy atom. The van der Waals surface area contributed by atoms with E-state index in [4.69, 9.17) is 23.4 Å². The summed E-state index contributed by atoms with van der Waals surface area (Å²) in [5, 5.41) is 0.681. The van der Waals surface area contributed by atoms with Gasteiger partial charge in [0.1, 0.15) is 27.9 Å². The van der Waals surface area contributed by atoms with E-state index in [0.717, 1.165) is 0 Å². The minimum Gasteiger partial charge on any atom is -0.480 e. The Balaban J connectivity index is 2.33. The summed E-state index contributed by atoms with van der Waals surface area (Å²) in [4.78, 5) is 13.4. The van der Waals surface area contributed by atoms with Gasteiger partial charge in [0.25, 0.3) is 0 Å². The lowest BCUT2D eigenvalue weighted by molar-refractivity contribution is 0.0522. The lowest BCUT2D eigenvalue weighted by Gasteiger charge is -2.28. The van der Waals surface area contributed by atoms with E-state index in [9.17, 15) is 4.79 Å². The van der Waals surface area contributed by atoms with E-state index in [-0.39, 0.29) is 17.8 Å². The van der Waals surface area contributed by atoms with Crippen LogP contribution < -0.4 is 19.6 Å². The van der Waals surface area contributed by atoms with Crippen LogP contribution in [-0.4, -0.2) is 25.1 Å². The molecule has 1 heterocycles. The third-order valence-corrected chi connectivity index (χ3v) is 4.80. The Hall–Kier alpha value is -3.25. The highest BCUT2D eigenvalue weighted by molar-refractivity contribution is 5.96. The van der Waals surface area contributed by atoms with Crippen LogP contribution in [0.15, 0.2) is 64.9 Å². The molecule has 0 amide bonds. The maximum atomic E-state index is 13.4. The maximum Gasteiger partial charge on any atom is 0.205 e. The summed E-state index contributed by atoms with van der Waals surface area (Å²) in [5.41, 5.74) is -0.982. The van der Waals surface area contributed by atoms with Gasteiger partial charge in [-0.1, -0.05) is 19.2 Å². The van der Waals surface area contributed by atoms with E-state index in [1.807, 2.05) is 27.7 Å². The number of rotatable bonds is 9. The van der Waals surface area contributed by atoms with Crippen molar-refractivity contribution in [3.63, 3.8) is 0 Å². The SMILES string of the molecule is C=CC(C)(C)Oc1ccc2c(=O)c3c(OCOC)cccc3oc2c1OC(C)(C)C=C. The summed E-state index contributed by atoms with van der Waals surface area (Å²) in [5.74, 6) is 1.14. The number of hydrogen-bond acceptors (Lipinski definition) is 6. The molecule has 0 bridgehead atoms. The van der Waals surface area contributed by atoms with Crippen molar-refractivity contribution in [1.29, 1.82) is 0 Å². The van der Waals surface area contributed by atoms with Crippen molar-refractivity contribution in [2.45, 2.75) is 38.9 Å². The zero-order chi connectivity index (χ0) is 22.8. The third-order valence-electron chi connectivity index (χ3n) is 4.80. The predicted molar refractivity (Wildman–Crippen MR) is 122 cm³/mol. The molecule has 0 saturated heterocycles. The quantitative estimate of drug-likeness (QED) is 0.252. The largest absolute Gasteiger partial charge is 0.480 e. The molecule has 0 N–H and O–H groups in total. The van der Waals surface area contributed by atoms with Crippen LogP contribution in [0.25, 0.3) is 21.9 Å². The van der Waals surface area contributed by atoms with Crippen LogP contribution >= 0.6 is 0 Å². The van der Waals surface area contributed by atoms with Crippen molar-refractivity contribution >= 4 is 21.9 Å². The molecule has 0 aliphatic rings. The lowest BCUT2D eigenvalue weighted by atomic mass is 10.1. The highest BCUT2D eigenvalue weighted by atomic mass is 16.7. The van der Waals surface area contributed by atoms with Gasteiger partial charge in [-0.05, 0) is 64.1 Å². The third kappa shape index (κ3) is 4.59. The zero-order valence-corrected chi connectivity index (χ0v) is 18.6. The van der Waals surface area contributed by atoms with Crippen LogP contribution in [0.5, 0.6) is 17.2 Å². The molecule has 3 rings (SSSR count). The van der Waals surface area contributed by atoms with Crippen molar-refractivity contribution in [3.05, 3.63) is 65.9 Å². The molecular formula is C25H28O6. The average Bonchev–Trinajstić information content (AvgIpc) is 2.73. The Kier molecular flexibility index (Phi) is 6.13. The van der Waals surface area contributed by atoms with Gasteiger partial charge in [-0.25, -0.2) is 0 Å². The van der Waals surface area contributed by atoms with Crippen LogP contribution in [0, 0.1) is 0 Å². The van der Waals surface area contributed by atoms with Gasteiger partial charge in [0.2, 0.25) is 11.2 Å². The fourth-order valence-electron chi connectivity index (χ4n) is 2.94. The lowest BCUT2D eigenvalue weighted by Crippen LogP contribution is -2.28. The van der Waals surface area contributed by atoms with E-state index in [0.29, 0.717) is 33.6 Å². The predicted octanol–water partition coefficient (Wildman–Crippen LogP) is 5.62. The molecule has 3 aromatic rings. The van der Waals surface area contributed by atoms with E-state index in [2.05, 4.69) is 13.2 Å². The number of methoxy groups -OCH3 is 1. The van der Waals surface area contributed by atoms with Crippen molar-refractivity contribution in [2.75, 3.05) is 13.9 Å². The topological polar surface area (TPSA) is 67.1 Å². The summed E-state index contributed by atoms with van der Waals surface area (Å²) in [7, 11) is 1.51. The number of hydrogen-bond donors (Lipinski definition) is 0. The van der Waals surface area contributed by atoms with Gasteiger partial charge in [-0.15, -0.1) is 0 Å². The minimum absolute atomic E-state index is 0.0158. The van der Waals surface area contributed by atoms with E-state index < -0.39 is 11.2 Å². The Morgan fingerprint density at radius 1 is 0.968 bits per heavy atom. The van der Waals surface area contributed by atoms with Crippen molar-refractivity contribution in [2.24, 2.45) is 0 Å². The van der Waals surface area contributed by atoms with Crippen molar-refractivity contribution in [1.82, 2.24) is 0 Å². The molecule has 0 aliphatic carbocycles. The van der Waals surface area contributed by atoms with Gasteiger partial charge in [-0.3, -0.25) is 4.79 Å². The molecule has 164 valence electrons. The Morgan fingerprint density at radius 2 is 1.65 bits per heavy atom. The Bertz CT molecular complexity index is 1190. The molecule has 0 spiro atoms. The van der Waals surface area contributed by atoms with Gasteiger partial charge in [-0.2, -0.15) is 0 Å². The summed E-state index contributed by atoms with van der Waals surface area (Å²) in [6.45, 7) is 15.1. The van der Waals surface area contributed by atoms with Crippen LogP contribution in [0.1, 0.15) is 27.7 Å². The second-order valence-electron chi connectivity index (χ2n) is 8.20. The number of fused-ring (bicyclic) bond motifs is 2. The molecular weight excluding hydrogens is 396 g/mol. The minimum atomic E-state index is -0.734. The van der Waals surface area contributed by atoms with Crippen LogP contribution in [-0.2, 0) is 4.74 Å². The first-order valence-corrected chi connectivity index (χ1v) is 9.92. The van der Waals surface area contributed by atoms with Gasteiger partial charge in [0, 0.05) is 7.11 Å². The average molecular weight is 424 g/mol. The van der Waals surface area contributed by atoms with Crippen LogP contribution in [0.2, 0.25) is 0 Å². The monoisotopic (exact) mass is 424 g/mol. The number of ether oxygens (including phenoxy) is 4. The molecule has 31 heavy (non-hydrogen) atoms. The summed E-state index contributed by atoms with van der Waals surface area (Å²) >= 11 is 0. The molecule has 0 atom stereocenters. The van der Waals surface area contributed by atoms with Crippen LogP contribution in [0.3, 0.4) is 0 Å². The molecule has 2 aromatic carbocycles. The van der Waals surface area contributed by atoms with Crippen LogP contribution in [0.4, 0.5) is 0 Å². The van der Waals surface area contributed by atoms with Crippen molar-refractivity contribution < 1.29 is 23.4 Å². The summed E-state index contributed by atoms with van der Waals surface area (Å²) in [6.07, 6.45) is 3.36. The summed E-state index contributed by atoms with van der Waals surface area (Å²) in [6, 6.07) is 8.52. The smallest absolute Gasteiger partial charge is 0.205 e. The second-order valence-corrected chi connectivity index (χ2v) is 8.20. The van der Waals surface area contributed by atoms with E-state index in [1.54, 1.807) is 42.5 Å². The fourth-order valence-corrected chi connectivity index (χ4v) is 2.94. The molecule has 0 aliphatic heterocycles. The highest BCUT2D eigenvalue weighted by Crippen LogP contribution is 2.41. The van der Waals surface area contributed by atoms with Gasteiger partial charge in [0.15, 0.2) is 18.1 Å². The van der Waals surface area contributed by atoms with Gasteiger partial charge in [0.05, 0.1) is 5.39 Å². The standard InChI is InChI=1S/C25H28O6/c1-8-24(3,4)30-19-14-13-16-21(26)20-17(28-15-27-7)11-10-12-18(20)29-22(16)23(19)31-25(5,6)9-2/h8-14H,1-2,15H2,3-7H3. The molecule has 0 unspecified atom stereocenters. The maximum absolute atomic E-state index is 13.4. The first kappa shape index (κ1) is 22.4. The molecule has 6 heteroatoms. The second kappa shape index (κ2) is 8.47. The van der Waals surface area contributed by atoms with E-state index in [1.165, 1.54) is 7.11 Å². The first-order valence-electron chi connectivity index (χ1n) is 9.92. The molecule has 0 saturated carbocycles. The molecule has 1 aromatic heterocycles. The van der Waals surface area contributed by atoms with Gasteiger partial charge >= 0.3 is 0 Å². The molecule has 0 radical (unpaired) electrons. The normalized spacial score (nSPS) is 12.0. The summed E-state index contributed by atoms with van der Waals surface area (Å²) < 4.78 is 29.1. The van der Waals surface area contributed by atoms with Crippen molar-refractivity contribution in [3.8, 4) is 17.2 Å². The van der Waals surface area contributed by atoms with Gasteiger partial charge < -0.3 is 23.4 Å².